The molecular formula is C19H27N3O3S2. The second-order valence-corrected chi connectivity index (χ2v) is 9.11. The van der Waals surface area contributed by atoms with Crippen molar-refractivity contribution >= 4 is 33.0 Å². The third kappa shape index (κ3) is 5.62. The van der Waals surface area contributed by atoms with E-state index in [2.05, 4.69) is 10.7 Å². The first-order valence-electron chi connectivity index (χ1n) is 8.88. The highest BCUT2D eigenvalue weighted by Crippen LogP contribution is 2.23. The maximum atomic E-state index is 12.8. The van der Waals surface area contributed by atoms with Gasteiger partial charge in [0.2, 0.25) is 15.9 Å². The Morgan fingerprint density at radius 1 is 1.19 bits per heavy atom. The zero-order valence-electron chi connectivity index (χ0n) is 16.2. The van der Waals surface area contributed by atoms with Gasteiger partial charge in [0, 0.05) is 25.3 Å². The number of amides is 1. The molecule has 6 nitrogen and oxygen atoms in total. The van der Waals surface area contributed by atoms with Crippen LogP contribution in [0, 0.1) is 6.92 Å². The smallest absolute Gasteiger partial charge is 0.243 e. The van der Waals surface area contributed by atoms with Gasteiger partial charge < -0.3 is 5.32 Å². The van der Waals surface area contributed by atoms with Gasteiger partial charge in [0.15, 0.2) is 0 Å². The molecule has 0 fully saturated rings. The summed E-state index contributed by atoms with van der Waals surface area (Å²) in [6.07, 6.45) is 0. The van der Waals surface area contributed by atoms with Crippen molar-refractivity contribution in [1.82, 2.24) is 9.21 Å². The Morgan fingerprint density at radius 2 is 1.89 bits per heavy atom. The number of carbonyl (C=O) groups is 1. The number of sulfonamides is 1. The van der Waals surface area contributed by atoms with Crippen LogP contribution < -0.4 is 5.32 Å². The van der Waals surface area contributed by atoms with Crippen molar-refractivity contribution in [3.05, 3.63) is 46.2 Å². The Bertz CT molecular complexity index is 860. The zero-order valence-corrected chi connectivity index (χ0v) is 17.9. The van der Waals surface area contributed by atoms with Gasteiger partial charge in [-0.15, -0.1) is 0 Å². The van der Waals surface area contributed by atoms with E-state index >= 15 is 0 Å². The summed E-state index contributed by atoms with van der Waals surface area (Å²) in [6.45, 7) is 7.10. The van der Waals surface area contributed by atoms with Gasteiger partial charge in [0.1, 0.15) is 0 Å². The fourth-order valence-corrected chi connectivity index (χ4v) is 5.22. The van der Waals surface area contributed by atoms with Crippen LogP contribution >= 0.6 is 11.3 Å². The van der Waals surface area contributed by atoms with Crippen molar-refractivity contribution in [1.29, 1.82) is 0 Å². The second kappa shape index (κ2) is 9.45. The molecule has 0 radical (unpaired) electrons. The number of carbonyl (C=O) groups excluding carboxylic acids is 1. The molecule has 2 aromatic rings. The lowest BCUT2D eigenvalue weighted by molar-refractivity contribution is -0.117. The van der Waals surface area contributed by atoms with Crippen LogP contribution in [0.1, 0.15) is 25.0 Å². The van der Waals surface area contributed by atoms with Gasteiger partial charge in [-0.3, -0.25) is 9.69 Å². The van der Waals surface area contributed by atoms with E-state index in [1.165, 1.54) is 9.87 Å². The topological polar surface area (TPSA) is 69.7 Å². The van der Waals surface area contributed by atoms with Crippen molar-refractivity contribution < 1.29 is 13.2 Å². The minimum atomic E-state index is -3.57. The molecule has 1 amide bonds. The molecule has 2 rings (SSSR count). The van der Waals surface area contributed by atoms with E-state index in [0.29, 0.717) is 30.9 Å². The van der Waals surface area contributed by atoms with Crippen LogP contribution in [0.3, 0.4) is 0 Å². The van der Waals surface area contributed by atoms with E-state index in [-0.39, 0.29) is 17.3 Å². The van der Waals surface area contributed by atoms with E-state index in [4.69, 9.17) is 0 Å². The van der Waals surface area contributed by atoms with Crippen LogP contribution in [-0.4, -0.2) is 50.2 Å². The molecule has 0 atom stereocenters. The minimum Gasteiger partial charge on any atom is -0.325 e. The fourth-order valence-electron chi connectivity index (χ4n) is 2.85. The molecule has 8 heteroatoms. The average molecular weight is 410 g/mol. The van der Waals surface area contributed by atoms with E-state index in [1.807, 2.05) is 37.2 Å². The monoisotopic (exact) mass is 409 g/mol. The number of hydrogen-bond donors (Lipinski definition) is 1. The van der Waals surface area contributed by atoms with Crippen molar-refractivity contribution in [2.24, 2.45) is 0 Å². The van der Waals surface area contributed by atoms with Crippen LogP contribution in [0.2, 0.25) is 0 Å². The van der Waals surface area contributed by atoms with Gasteiger partial charge in [-0.25, -0.2) is 8.42 Å². The average Bonchev–Trinajstić information content (AvgIpc) is 3.09. The summed E-state index contributed by atoms with van der Waals surface area (Å²) in [5, 5.41) is 6.87. The van der Waals surface area contributed by atoms with Crippen LogP contribution in [0.15, 0.2) is 39.9 Å². The standard InChI is InChI=1S/C19H27N3O3S2/c1-5-22(6-2)27(24,25)18-11-17(8-7-15(18)3)20-19(23)13-21(4)12-16-9-10-26-14-16/h7-11,14H,5-6,12-13H2,1-4H3,(H,20,23). The van der Waals surface area contributed by atoms with E-state index < -0.39 is 10.0 Å². The van der Waals surface area contributed by atoms with Crippen LogP contribution in [0.4, 0.5) is 5.69 Å². The zero-order chi connectivity index (χ0) is 20.0. The van der Waals surface area contributed by atoms with E-state index in [1.54, 1.807) is 36.5 Å². The lowest BCUT2D eigenvalue weighted by atomic mass is 10.2. The number of nitrogens with zero attached hydrogens (tertiary/aromatic N) is 2. The van der Waals surface area contributed by atoms with Crippen molar-refractivity contribution in [2.45, 2.75) is 32.2 Å². The normalized spacial score (nSPS) is 11.9. The summed E-state index contributed by atoms with van der Waals surface area (Å²) in [7, 11) is -1.70. The molecular weight excluding hydrogens is 382 g/mol. The molecule has 0 aliphatic rings. The molecule has 0 spiro atoms. The van der Waals surface area contributed by atoms with Gasteiger partial charge in [-0.2, -0.15) is 15.6 Å². The van der Waals surface area contributed by atoms with Crippen LogP contribution in [-0.2, 0) is 21.4 Å². The van der Waals surface area contributed by atoms with Gasteiger partial charge in [0.25, 0.3) is 0 Å². The van der Waals surface area contributed by atoms with Gasteiger partial charge in [0.05, 0.1) is 11.4 Å². The number of benzene rings is 1. The van der Waals surface area contributed by atoms with E-state index in [9.17, 15) is 13.2 Å². The van der Waals surface area contributed by atoms with Crippen molar-refractivity contribution in [2.75, 3.05) is 32.0 Å². The summed E-state index contributed by atoms with van der Waals surface area (Å²) in [5.41, 5.74) is 2.31. The molecule has 1 aromatic carbocycles. The number of nitrogens with one attached hydrogen (secondary N) is 1. The molecule has 1 aromatic heterocycles. The molecule has 0 saturated heterocycles. The molecule has 0 bridgehead atoms. The van der Waals surface area contributed by atoms with Crippen LogP contribution in [0.25, 0.3) is 0 Å². The van der Waals surface area contributed by atoms with E-state index in [0.717, 1.165) is 0 Å². The Balaban J connectivity index is 2.10. The number of thiophene rings is 1. The van der Waals surface area contributed by atoms with Gasteiger partial charge >= 0.3 is 0 Å². The maximum absolute atomic E-state index is 12.8. The molecule has 0 saturated carbocycles. The third-order valence-corrected chi connectivity index (χ3v) is 7.17. The van der Waals surface area contributed by atoms with Crippen molar-refractivity contribution in [3.63, 3.8) is 0 Å². The third-order valence-electron chi connectivity index (χ3n) is 4.24. The summed E-state index contributed by atoms with van der Waals surface area (Å²) in [5.74, 6) is -0.178. The molecule has 0 aliphatic carbocycles. The maximum Gasteiger partial charge on any atom is 0.243 e. The number of likely N-dealkylation sites (N-methyl/N-ethyl adjacent to an activating group) is 1. The Hall–Kier alpha value is -1.74. The SMILES string of the molecule is CCN(CC)S(=O)(=O)c1cc(NC(=O)CN(C)Cc2ccsc2)ccc1C. The van der Waals surface area contributed by atoms with Gasteiger partial charge in [-0.1, -0.05) is 19.9 Å². The number of rotatable bonds is 9. The number of aryl methyl sites for hydroxylation is 1. The quantitative estimate of drug-likeness (QED) is 0.691. The Kier molecular flexibility index (Phi) is 7.55. The molecule has 27 heavy (non-hydrogen) atoms. The number of hydrogen-bond acceptors (Lipinski definition) is 5. The molecule has 148 valence electrons. The highest BCUT2D eigenvalue weighted by molar-refractivity contribution is 7.89. The first kappa shape index (κ1) is 21.6. The largest absolute Gasteiger partial charge is 0.325 e. The Morgan fingerprint density at radius 3 is 2.48 bits per heavy atom. The summed E-state index contributed by atoms with van der Waals surface area (Å²) in [4.78, 5) is 14.5. The summed E-state index contributed by atoms with van der Waals surface area (Å²) >= 11 is 1.63. The molecule has 0 unspecified atom stereocenters. The number of anilines is 1. The first-order chi connectivity index (χ1) is 12.8. The molecule has 1 heterocycles. The van der Waals surface area contributed by atoms with Crippen molar-refractivity contribution in [3.8, 4) is 0 Å². The highest BCUT2D eigenvalue weighted by Gasteiger charge is 2.24. The molecule has 1 N–H and O–H groups in total. The first-order valence-corrected chi connectivity index (χ1v) is 11.3. The fraction of sp³-hybridized carbons (Fsp3) is 0.421. The highest BCUT2D eigenvalue weighted by atomic mass is 32.2. The lowest BCUT2D eigenvalue weighted by Crippen LogP contribution is -2.31. The van der Waals surface area contributed by atoms with Crippen LogP contribution in [0.5, 0.6) is 0 Å². The summed E-state index contributed by atoms with van der Waals surface area (Å²) < 4.78 is 27.0. The minimum absolute atomic E-state index is 0.178. The lowest BCUT2D eigenvalue weighted by Gasteiger charge is -2.20. The predicted molar refractivity (Wildman–Crippen MR) is 111 cm³/mol. The molecule has 0 aliphatic heterocycles. The summed E-state index contributed by atoms with van der Waals surface area (Å²) in [6, 6.07) is 7.03. The second-order valence-electron chi connectivity index (χ2n) is 6.42. The Labute approximate surface area is 165 Å². The predicted octanol–water partition coefficient (Wildman–Crippen LogP) is 3.16. The van der Waals surface area contributed by atoms with Gasteiger partial charge in [-0.05, 0) is 54.1 Å².